The molecule has 4 N–H and O–H groups in total. The van der Waals surface area contributed by atoms with Gasteiger partial charge in [-0.25, -0.2) is 9.97 Å². The molecule has 0 aliphatic heterocycles. The second kappa shape index (κ2) is 6.82. The molecule has 7 nitrogen and oxygen atoms in total. The first-order valence-electron chi connectivity index (χ1n) is 8.23. The van der Waals surface area contributed by atoms with Crippen LogP contribution in [0.1, 0.15) is 40.4 Å². The Labute approximate surface area is 142 Å². The Hall–Kier alpha value is -2.70. The van der Waals surface area contributed by atoms with Gasteiger partial charge >= 0.3 is 0 Å². The lowest BCUT2D eigenvalue weighted by atomic mass is 9.90. The molecule has 0 aliphatic carbocycles. The molecule has 128 valence electrons. The molecular weight excluding hydrogens is 302 g/mol. The van der Waals surface area contributed by atoms with Crippen LogP contribution < -0.4 is 11.1 Å². The Morgan fingerprint density at radius 1 is 1.33 bits per heavy atom. The maximum absolute atomic E-state index is 5.87. The number of aromatic nitrogens is 5. The molecule has 0 amide bonds. The highest BCUT2D eigenvalue weighted by Gasteiger charge is 2.26. The van der Waals surface area contributed by atoms with E-state index in [0.717, 1.165) is 48.2 Å². The van der Waals surface area contributed by atoms with Gasteiger partial charge in [-0.3, -0.25) is 4.98 Å². The second-order valence-electron chi connectivity index (χ2n) is 6.33. The Bertz CT molecular complexity index is 806. The molecule has 7 heteroatoms. The van der Waals surface area contributed by atoms with E-state index in [1.807, 2.05) is 12.3 Å². The van der Waals surface area contributed by atoms with Crippen LogP contribution >= 0.6 is 0 Å². The van der Waals surface area contributed by atoms with E-state index in [2.05, 4.69) is 44.1 Å². The molecule has 0 radical (unpaired) electrons. The third-order valence-electron chi connectivity index (χ3n) is 4.13. The monoisotopic (exact) mass is 327 g/mol. The lowest BCUT2D eigenvalue weighted by molar-refractivity contribution is 0.441. The summed E-state index contributed by atoms with van der Waals surface area (Å²) in [6.45, 7) is 4.38. The molecule has 3 rings (SSSR count). The molecule has 0 saturated heterocycles. The molecule has 0 aromatic carbocycles. The fraction of sp³-hybridized carbons (Fsp3) is 0.412. The number of H-pyrrole nitrogens is 1. The van der Waals surface area contributed by atoms with E-state index in [1.165, 1.54) is 0 Å². The van der Waals surface area contributed by atoms with Gasteiger partial charge in [0.2, 0.25) is 5.95 Å². The Kier molecular flexibility index (Phi) is 4.59. The van der Waals surface area contributed by atoms with Crippen molar-refractivity contribution in [1.82, 2.24) is 24.9 Å². The van der Waals surface area contributed by atoms with Crippen molar-refractivity contribution in [2.75, 3.05) is 11.1 Å². The largest absolute Gasteiger partial charge is 0.368 e. The standard InChI is InChI=1S/C17H23N7.H2/c1-3-4-6-17(2,10-14-20-8-9-21-14)24-15-12-5-7-19-11-13(12)22-16(18)23-15;/h5,7-9,11H,3-4,6,10H2,1-2H3,(H,20,21)(H3,18,22,23,24);1H. The SMILES string of the molecule is CCCCC(C)(Cc1ncc[nH]1)Nc1nc(N)nc2cnccc12.[HH]. The van der Waals surface area contributed by atoms with Gasteiger partial charge in [0.15, 0.2) is 0 Å². The average molecular weight is 327 g/mol. The maximum atomic E-state index is 5.87. The third-order valence-corrected chi connectivity index (χ3v) is 4.13. The number of fused-ring (bicyclic) bond motifs is 1. The summed E-state index contributed by atoms with van der Waals surface area (Å²) in [5, 5.41) is 4.51. The molecular formula is C17H25N7. The zero-order valence-corrected chi connectivity index (χ0v) is 14.1. The molecule has 3 heterocycles. The highest BCUT2D eigenvalue weighted by molar-refractivity contribution is 5.89. The highest BCUT2D eigenvalue weighted by atomic mass is 15.1. The summed E-state index contributed by atoms with van der Waals surface area (Å²) in [4.78, 5) is 20.3. The summed E-state index contributed by atoms with van der Waals surface area (Å²) in [5.41, 5.74) is 6.42. The van der Waals surface area contributed by atoms with Crippen LogP contribution in [-0.4, -0.2) is 30.5 Å². The summed E-state index contributed by atoms with van der Waals surface area (Å²) in [7, 11) is 0. The zero-order chi connectivity index (χ0) is 17.0. The van der Waals surface area contributed by atoms with E-state index in [9.17, 15) is 0 Å². The smallest absolute Gasteiger partial charge is 0.222 e. The van der Waals surface area contributed by atoms with Gasteiger partial charge in [0.05, 0.1) is 11.7 Å². The summed E-state index contributed by atoms with van der Waals surface area (Å²) in [6, 6.07) is 1.91. The van der Waals surface area contributed by atoms with Gasteiger partial charge < -0.3 is 16.0 Å². The Morgan fingerprint density at radius 2 is 2.21 bits per heavy atom. The molecule has 24 heavy (non-hydrogen) atoms. The van der Waals surface area contributed by atoms with Gasteiger partial charge in [-0.1, -0.05) is 19.8 Å². The number of imidazole rings is 1. The lowest BCUT2D eigenvalue weighted by Gasteiger charge is -2.31. The van der Waals surface area contributed by atoms with Crippen molar-refractivity contribution in [3.63, 3.8) is 0 Å². The summed E-state index contributed by atoms with van der Waals surface area (Å²) >= 11 is 0. The first-order chi connectivity index (χ1) is 11.6. The number of nitrogens with one attached hydrogen (secondary N) is 2. The van der Waals surface area contributed by atoms with Crippen LogP contribution in [0.25, 0.3) is 10.9 Å². The highest BCUT2D eigenvalue weighted by Crippen LogP contribution is 2.27. The number of pyridine rings is 1. The van der Waals surface area contributed by atoms with Crippen molar-refractivity contribution in [2.24, 2.45) is 0 Å². The van der Waals surface area contributed by atoms with E-state index in [1.54, 1.807) is 18.6 Å². The fourth-order valence-corrected chi connectivity index (χ4v) is 2.91. The van der Waals surface area contributed by atoms with Gasteiger partial charge in [-0.15, -0.1) is 0 Å². The van der Waals surface area contributed by atoms with E-state index in [4.69, 9.17) is 5.73 Å². The predicted molar refractivity (Wildman–Crippen MR) is 97.7 cm³/mol. The van der Waals surface area contributed by atoms with Crippen LogP contribution in [0, 0.1) is 0 Å². The lowest BCUT2D eigenvalue weighted by Crippen LogP contribution is -2.38. The number of nitrogens with two attached hydrogens (primary N) is 1. The minimum Gasteiger partial charge on any atom is -0.368 e. The minimum absolute atomic E-state index is 0. The molecule has 3 aromatic heterocycles. The number of aromatic amines is 1. The number of hydrogen-bond donors (Lipinski definition) is 3. The number of hydrogen-bond acceptors (Lipinski definition) is 6. The van der Waals surface area contributed by atoms with Crippen LogP contribution in [0.4, 0.5) is 11.8 Å². The quantitative estimate of drug-likeness (QED) is 0.615. The van der Waals surface area contributed by atoms with Crippen molar-refractivity contribution < 1.29 is 1.43 Å². The van der Waals surface area contributed by atoms with Crippen molar-refractivity contribution in [1.29, 1.82) is 0 Å². The first kappa shape index (κ1) is 16.2. The number of nitrogens with zero attached hydrogens (tertiary/aromatic N) is 4. The van der Waals surface area contributed by atoms with Gasteiger partial charge in [0.1, 0.15) is 11.6 Å². The molecule has 0 saturated carbocycles. The van der Waals surface area contributed by atoms with Crippen molar-refractivity contribution in [3.05, 3.63) is 36.7 Å². The normalized spacial score (nSPS) is 13.8. The fourth-order valence-electron chi connectivity index (χ4n) is 2.91. The zero-order valence-electron chi connectivity index (χ0n) is 14.1. The van der Waals surface area contributed by atoms with Crippen molar-refractivity contribution in [2.45, 2.75) is 45.1 Å². The van der Waals surface area contributed by atoms with Crippen LogP contribution in [0.15, 0.2) is 30.9 Å². The molecule has 1 atom stereocenters. The minimum atomic E-state index is -0.190. The van der Waals surface area contributed by atoms with Gasteiger partial charge in [-0.05, 0) is 19.4 Å². The number of anilines is 2. The first-order valence-corrected chi connectivity index (χ1v) is 8.23. The van der Waals surface area contributed by atoms with E-state index < -0.39 is 0 Å². The van der Waals surface area contributed by atoms with Crippen LogP contribution in [0.5, 0.6) is 0 Å². The maximum Gasteiger partial charge on any atom is 0.222 e. The number of nitrogen functional groups attached to an aromatic ring is 1. The molecule has 1 unspecified atom stereocenters. The Balaban J connectivity index is 0.00000225. The molecule has 0 spiro atoms. The molecule has 0 aliphatic rings. The van der Waals surface area contributed by atoms with E-state index >= 15 is 0 Å². The molecule has 0 fully saturated rings. The average Bonchev–Trinajstić information content (AvgIpc) is 3.05. The van der Waals surface area contributed by atoms with Gasteiger partial charge in [0.25, 0.3) is 0 Å². The summed E-state index contributed by atoms with van der Waals surface area (Å²) in [6.07, 6.45) is 11.1. The summed E-state index contributed by atoms with van der Waals surface area (Å²) < 4.78 is 0. The topological polar surface area (TPSA) is 105 Å². The number of rotatable bonds is 7. The third kappa shape index (κ3) is 3.61. The van der Waals surface area contributed by atoms with Crippen molar-refractivity contribution >= 4 is 22.7 Å². The van der Waals surface area contributed by atoms with Crippen LogP contribution in [-0.2, 0) is 6.42 Å². The molecule has 0 bridgehead atoms. The molecule has 3 aromatic rings. The van der Waals surface area contributed by atoms with Gasteiger partial charge in [-0.2, -0.15) is 4.98 Å². The van der Waals surface area contributed by atoms with Gasteiger partial charge in [0, 0.05) is 37.4 Å². The Morgan fingerprint density at radius 3 is 2.96 bits per heavy atom. The predicted octanol–water partition coefficient (Wildman–Crippen LogP) is 3.18. The number of unbranched alkanes of at least 4 members (excludes halogenated alkanes) is 1. The summed E-state index contributed by atoms with van der Waals surface area (Å²) in [5.74, 6) is 1.94. The van der Waals surface area contributed by atoms with Crippen molar-refractivity contribution in [3.8, 4) is 0 Å². The van der Waals surface area contributed by atoms with Crippen LogP contribution in [0.2, 0.25) is 0 Å². The van der Waals surface area contributed by atoms with E-state index in [-0.39, 0.29) is 12.9 Å². The van der Waals surface area contributed by atoms with Crippen LogP contribution in [0.3, 0.4) is 0 Å². The van der Waals surface area contributed by atoms with E-state index in [0.29, 0.717) is 0 Å². The second-order valence-corrected chi connectivity index (χ2v) is 6.33.